The average Bonchev–Trinajstić information content (AvgIpc) is 3.29. The zero-order chi connectivity index (χ0) is 21.3. The van der Waals surface area contributed by atoms with Crippen LogP contribution in [0.5, 0.6) is 5.88 Å². The third-order valence-corrected chi connectivity index (χ3v) is 6.49. The lowest BCUT2D eigenvalue weighted by Crippen LogP contribution is -2.38. The fraction of sp³-hybridized carbons (Fsp3) is 0.368. The molecule has 3 heterocycles. The molecule has 1 saturated heterocycles. The van der Waals surface area contributed by atoms with Crippen LogP contribution in [-0.4, -0.2) is 53.6 Å². The van der Waals surface area contributed by atoms with Crippen LogP contribution in [0.15, 0.2) is 28.8 Å². The quantitative estimate of drug-likeness (QED) is 0.621. The lowest BCUT2D eigenvalue weighted by atomic mass is 10.1. The monoisotopic (exact) mass is 434 g/mol. The van der Waals surface area contributed by atoms with Gasteiger partial charge in [0, 0.05) is 18.0 Å². The average molecular weight is 434 g/mol. The Labute approximate surface area is 171 Å². The second kappa shape index (κ2) is 7.98. The first-order chi connectivity index (χ1) is 14.3. The molecule has 0 radical (unpaired) electrons. The minimum absolute atomic E-state index is 0.0624. The summed E-state index contributed by atoms with van der Waals surface area (Å²) in [6.45, 7) is 1.50. The SMILES string of the molecule is CCc1nc(OCC(=O)N[C@H]2CCS(=O)(=O)C2)c2c(-c3ccc(F)cc3)noc2n1. The number of carbonyl (C=O) groups excluding carboxylic acids is 1. The largest absolute Gasteiger partial charge is 0.467 e. The van der Waals surface area contributed by atoms with E-state index in [0.717, 1.165) is 0 Å². The highest BCUT2D eigenvalue weighted by Crippen LogP contribution is 2.33. The molecular formula is C19H19FN4O5S. The Bertz CT molecular complexity index is 1190. The number of sulfone groups is 1. The summed E-state index contributed by atoms with van der Waals surface area (Å²) in [4.78, 5) is 20.9. The van der Waals surface area contributed by atoms with Gasteiger partial charge in [0.05, 0.1) is 11.5 Å². The van der Waals surface area contributed by atoms with Gasteiger partial charge in [0.2, 0.25) is 5.88 Å². The van der Waals surface area contributed by atoms with Crippen LogP contribution in [0.25, 0.3) is 22.4 Å². The molecule has 0 spiro atoms. The van der Waals surface area contributed by atoms with Crippen molar-refractivity contribution in [2.24, 2.45) is 0 Å². The zero-order valence-electron chi connectivity index (χ0n) is 16.1. The molecule has 1 aliphatic heterocycles. The summed E-state index contributed by atoms with van der Waals surface area (Å²) in [7, 11) is -3.10. The third kappa shape index (κ3) is 4.25. The molecule has 3 aromatic rings. The highest BCUT2D eigenvalue weighted by atomic mass is 32.2. The lowest BCUT2D eigenvalue weighted by molar-refractivity contribution is -0.123. The van der Waals surface area contributed by atoms with Gasteiger partial charge in [-0.1, -0.05) is 12.1 Å². The Balaban J connectivity index is 1.58. The first-order valence-corrected chi connectivity index (χ1v) is 11.2. The van der Waals surface area contributed by atoms with Gasteiger partial charge in [-0.3, -0.25) is 4.79 Å². The van der Waals surface area contributed by atoms with E-state index < -0.39 is 27.6 Å². The molecule has 158 valence electrons. The van der Waals surface area contributed by atoms with Gasteiger partial charge in [0.15, 0.2) is 16.4 Å². The maximum atomic E-state index is 13.3. The van der Waals surface area contributed by atoms with Gasteiger partial charge in [0.1, 0.15) is 22.7 Å². The number of benzene rings is 1. The summed E-state index contributed by atoms with van der Waals surface area (Å²) in [6.07, 6.45) is 0.886. The number of aromatic nitrogens is 3. The van der Waals surface area contributed by atoms with E-state index in [4.69, 9.17) is 9.26 Å². The zero-order valence-corrected chi connectivity index (χ0v) is 16.9. The van der Waals surface area contributed by atoms with Gasteiger partial charge < -0.3 is 14.6 Å². The fourth-order valence-corrected chi connectivity index (χ4v) is 4.92. The molecule has 0 saturated carbocycles. The third-order valence-electron chi connectivity index (χ3n) is 4.72. The van der Waals surface area contributed by atoms with E-state index >= 15 is 0 Å². The molecule has 11 heteroatoms. The second-order valence-corrected chi connectivity index (χ2v) is 9.20. The molecule has 2 aromatic heterocycles. The fourth-order valence-electron chi connectivity index (χ4n) is 3.25. The van der Waals surface area contributed by atoms with E-state index in [2.05, 4.69) is 20.4 Å². The maximum Gasteiger partial charge on any atom is 0.265 e. The Morgan fingerprint density at radius 1 is 1.30 bits per heavy atom. The number of aryl methyl sites for hydroxylation is 1. The van der Waals surface area contributed by atoms with Crippen molar-refractivity contribution in [2.75, 3.05) is 18.1 Å². The number of nitrogens with zero attached hydrogens (tertiary/aromatic N) is 3. The smallest absolute Gasteiger partial charge is 0.265 e. The van der Waals surface area contributed by atoms with Crippen molar-refractivity contribution in [3.05, 3.63) is 35.9 Å². The number of halogens is 1. The molecule has 30 heavy (non-hydrogen) atoms. The highest BCUT2D eigenvalue weighted by Gasteiger charge is 2.29. The Hall–Kier alpha value is -3.08. The normalized spacial score (nSPS) is 17.9. The Morgan fingerprint density at radius 2 is 2.07 bits per heavy atom. The first kappa shape index (κ1) is 20.2. The van der Waals surface area contributed by atoms with Crippen LogP contribution in [0.2, 0.25) is 0 Å². The highest BCUT2D eigenvalue weighted by molar-refractivity contribution is 7.91. The summed E-state index contributed by atoms with van der Waals surface area (Å²) in [5, 5.41) is 7.04. The van der Waals surface area contributed by atoms with E-state index in [1.165, 1.54) is 24.3 Å². The van der Waals surface area contributed by atoms with Crippen LogP contribution >= 0.6 is 0 Å². The summed E-state index contributed by atoms with van der Waals surface area (Å²) in [6, 6.07) is 5.24. The number of carbonyl (C=O) groups is 1. The van der Waals surface area contributed by atoms with E-state index in [1.54, 1.807) is 0 Å². The molecule has 1 aliphatic rings. The van der Waals surface area contributed by atoms with E-state index in [1.807, 2.05) is 6.92 Å². The molecule has 0 bridgehead atoms. The summed E-state index contributed by atoms with van der Waals surface area (Å²) < 4.78 is 47.3. The number of nitrogens with one attached hydrogen (secondary N) is 1. The van der Waals surface area contributed by atoms with Crippen molar-refractivity contribution in [3.63, 3.8) is 0 Å². The van der Waals surface area contributed by atoms with Crippen molar-refractivity contribution in [1.29, 1.82) is 0 Å². The molecule has 4 rings (SSSR count). The Kier molecular flexibility index (Phi) is 5.37. The number of hydrogen-bond donors (Lipinski definition) is 1. The van der Waals surface area contributed by atoms with Gasteiger partial charge in [-0.2, -0.15) is 9.97 Å². The number of rotatable bonds is 6. The van der Waals surface area contributed by atoms with Gasteiger partial charge in [-0.25, -0.2) is 12.8 Å². The number of amides is 1. The van der Waals surface area contributed by atoms with Crippen molar-refractivity contribution >= 4 is 26.8 Å². The molecule has 0 unspecified atom stereocenters. The lowest BCUT2D eigenvalue weighted by Gasteiger charge is -2.12. The standard InChI is InChI=1S/C19H19FN4O5S/c1-2-14-22-18(28-9-15(25)21-13-7-8-30(26,27)10-13)16-17(24-29-19(16)23-14)11-3-5-12(20)6-4-11/h3-6,13H,2,7-10H2,1H3,(H,21,25)/t13-/m0/s1. The van der Waals surface area contributed by atoms with Crippen molar-refractivity contribution in [3.8, 4) is 17.1 Å². The van der Waals surface area contributed by atoms with Crippen LogP contribution in [0.1, 0.15) is 19.2 Å². The summed E-state index contributed by atoms with van der Waals surface area (Å²) in [5.41, 5.74) is 1.14. The predicted octanol–water partition coefficient (Wildman–Crippen LogP) is 1.67. The first-order valence-electron chi connectivity index (χ1n) is 9.39. The minimum Gasteiger partial charge on any atom is -0.467 e. The van der Waals surface area contributed by atoms with Crippen LogP contribution in [0.3, 0.4) is 0 Å². The van der Waals surface area contributed by atoms with Crippen LogP contribution in [0, 0.1) is 5.82 Å². The molecule has 1 fully saturated rings. The molecule has 1 N–H and O–H groups in total. The molecular weight excluding hydrogens is 415 g/mol. The maximum absolute atomic E-state index is 13.3. The van der Waals surface area contributed by atoms with Crippen LogP contribution in [-0.2, 0) is 21.1 Å². The predicted molar refractivity (Wildman–Crippen MR) is 105 cm³/mol. The van der Waals surface area contributed by atoms with E-state index in [9.17, 15) is 17.6 Å². The minimum atomic E-state index is -3.10. The van der Waals surface area contributed by atoms with E-state index in [-0.39, 0.29) is 29.7 Å². The number of fused-ring (bicyclic) bond motifs is 1. The molecule has 0 aliphatic carbocycles. The van der Waals surface area contributed by atoms with E-state index in [0.29, 0.717) is 35.3 Å². The molecule has 1 atom stereocenters. The summed E-state index contributed by atoms with van der Waals surface area (Å²) in [5.74, 6) is -0.294. The van der Waals surface area contributed by atoms with Crippen molar-refractivity contribution < 1.29 is 26.9 Å². The van der Waals surface area contributed by atoms with Crippen molar-refractivity contribution in [1.82, 2.24) is 20.4 Å². The molecule has 1 amide bonds. The van der Waals surface area contributed by atoms with Gasteiger partial charge in [-0.05, 0) is 30.7 Å². The van der Waals surface area contributed by atoms with Gasteiger partial charge >= 0.3 is 0 Å². The van der Waals surface area contributed by atoms with Crippen molar-refractivity contribution in [2.45, 2.75) is 25.8 Å². The summed E-state index contributed by atoms with van der Waals surface area (Å²) >= 11 is 0. The van der Waals surface area contributed by atoms with Gasteiger partial charge in [0.25, 0.3) is 11.6 Å². The molecule has 1 aromatic carbocycles. The van der Waals surface area contributed by atoms with Crippen LogP contribution < -0.4 is 10.1 Å². The topological polar surface area (TPSA) is 124 Å². The Morgan fingerprint density at radius 3 is 2.73 bits per heavy atom. The number of hydrogen-bond acceptors (Lipinski definition) is 8. The molecule has 9 nitrogen and oxygen atoms in total. The number of ether oxygens (including phenoxy) is 1. The van der Waals surface area contributed by atoms with Crippen LogP contribution in [0.4, 0.5) is 4.39 Å². The van der Waals surface area contributed by atoms with Gasteiger partial charge in [-0.15, -0.1) is 0 Å². The second-order valence-electron chi connectivity index (χ2n) is 6.97.